The van der Waals surface area contributed by atoms with Crippen molar-refractivity contribution < 1.29 is 27.5 Å². The minimum Gasteiger partial charge on any atom is -0.347 e. The van der Waals surface area contributed by atoms with Crippen LogP contribution in [0.1, 0.15) is 39.2 Å². The van der Waals surface area contributed by atoms with Gasteiger partial charge in [-0.15, -0.1) is 0 Å². The highest BCUT2D eigenvalue weighted by molar-refractivity contribution is 7.89. The van der Waals surface area contributed by atoms with Gasteiger partial charge in [0.1, 0.15) is 6.04 Å². The molecule has 2 saturated heterocycles. The highest BCUT2D eigenvalue weighted by Crippen LogP contribution is 2.37. The summed E-state index contributed by atoms with van der Waals surface area (Å²) in [5.74, 6) is -0.946. The summed E-state index contributed by atoms with van der Waals surface area (Å²) in [4.78, 5) is 29.3. The van der Waals surface area contributed by atoms with Gasteiger partial charge in [-0.05, 0) is 23.8 Å². The highest BCUT2D eigenvalue weighted by Gasteiger charge is 2.44. The average molecular weight is 466 g/mol. The molecule has 0 aromatic heterocycles. The predicted octanol–water partition coefficient (Wildman–Crippen LogP) is 1.36. The molecule has 3 aliphatic rings. The van der Waals surface area contributed by atoms with E-state index in [1.165, 1.54) is 22.2 Å². The molecule has 1 spiro atoms. The lowest BCUT2D eigenvalue weighted by Gasteiger charge is -2.39. The van der Waals surface area contributed by atoms with Crippen molar-refractivity contribution in [3.8, 4) is 0 Å². The molecule has 9 nitrogen and oxygen atoms in total. The van der Waals surface area contributed by atoms with Gasteiger partial charge in [-0.3, -0.25) is 14.5 Å². The monoisotopic (exact) mass is 465 g/mol. The number of fused-ring (bicyclic) bond motifs is 1. The number of carbonyl (C=O) groups excluding carboxylic acids is 2. The molecule has 2 fully saturated rings. The fraction of sp³-hybridized carbons (Fsp3) is 0.636. The number of sulfonamides is 1. The summed E-state index contributed by atoms with van der Waals surface area (Å²) in [6.07, 6.45) is 1.50. The zero-order valence-corrected chi connectivity index (χ0v) is 19.7. The third-order valence-corrected chi connectivity index (χ3v) is 8.70. The number of rotatable bonds is 5. The Morgan fingerprint density at radius 3 is 2.31 bits per heavy atom. The van der Waals surface area contributed by atoms with Gasteiger partial charge in [-0.1, -0.05) is 13.8 Å². The number of amides is 2. The van der Waals surface area contributed by atoms with Crippen LogP contribution in [0.25, 0.3) is 0 Å². The van der Waals surface area contributed by atoms with Crippen LogP contribution in [0.4, 0.5) is 5.69 Å². The Hall–Kier alpha value is -2.01. The Labute approximate surface area is 189 Å². The lowest BCUT2D eigenvalue weighted by molar-refractivity contribution is -0.187. The second-order valence-electron chi connectivity index (χ2n) is 8.42. The lowest BCUT2D eigenvalue weighted by Crippen LogP contribution is -2.54. The SMILES string of the molecule is CCN(CC)S(=O)(=O)c1ccc2c(c1)C[C@H](C(=O)N1CCC3(CC1)OCCO3)N2C(C)=O. The molecule has 4 rings (SSSR count). The van der Waals surface area contributed by atoms with Crippen LogP contribution in [0.5, 0.6) is 0 Å². The van der Waals surface area contributed by atoms with E-state index in [9.17, 15) is 18.0 Å². The van der Waals surface area contributed by atoms with E-state index >= 15 is 0 Å². The van der Waals surface area contributed by atoms with Crippen molar-refractivity contribution in [2.75, 3.05) is 44.3 Å². The fourth-order valence-corrected chi connectivity index (χ4v) is 6.46. The highest BCUT2D eigenvalue weighted by atomic mass is 32.2. The van der Waals surface area contributed by atoms with Gasteiger partial charge in [-0.25, -0.2) is 8.42 Å². The Bertz CT molecular complexity index is 991. The number of likely N-dealkylation sites (tertiary alicyclic amines) is 1. The quantitative estimate of drug-likeness (QED) is 0.652. The van der Waals surface area contributed by atoms with Crippen molar-refractivity contribution in [3.63, 3.8) is 0 Å². The smallest absolute Gasteiger partial charge is 0.246 e. The Balaban J connectivity index is 1.56. The molecule has 176 valence electrons. The average Bonchev–Trinajstić information content (AvgIpc) is 3.38. The minimum atomic E-state index is -3.62. The number of carbonyl (C=O) groups is 2. The Morgan fingerprint density at radius 1 is 1.12 bits per heavy atom. The Kier molecular flexibility index (Phi) is 6.32. The van der Waals surface area contributed by atoms with Gasteiger partial charge in [0.15, 0.2) is 5.79 Å². The molecule has 32 heavy (non-hydrogen) atoms. The standard InChI is InChI=1S/C22H31N3O6S/c1-4-24(5-2)32(28,29)18-6-7-19-17(14-18)15-20(25(19)16(3)26)21(27)23-10-8-22(9-11-23)30-12-13-31-22/h6-7,14,20H,4-5,8-13,15H2,1-3H3/t20-/m1/s1. The Morgan fingerprint density at radius 2 is 1.75 bits per heavy atom. The van der Waals surface area contributed by atoms with E-state index in [4.69, 9.17) is 9.47 Å². The summed E-state index contributed by atoms with van der Waals surface area (Å²) in [6.45, 7) is 7.92. The zero-order chi connectivity index (χ0) is 23.1. The van der Waals surface area contributed by atoms with E-state index in [1.54, 1.807) is 30.9 Å². The second kappa shape index (κ2) is 8.74. The van der Waals surface area contributed by atoms with E-state index in [1.807, 2.05) is 0 Å². The lowest BCUT2D eigenvalue weighted by atomic mass is 10.0. The van der Waals surface area contributed by atoms with Crippen molar-refractivity contribution in [2.45, 2.75) is 56.8 Å². The number of hydrogen-bond donors (Lipinski definition) is 0. The summed E-state index contributed by atoms with van der Waals surface area (Å²) in [7, 11) is -3.62. The van der Waals surface area contributed by atoms with Crippen molar-refractivity contribution in [2.24, 2.45) is 0 Å². The molecular weight excluding hydrogens is 434 g/mol. The second-order valence-corrected chi connectivity index (χ2v) is 10.4. The van der Waals surface area contributed by atoms with E-state index in [2.05, 4.69) is 0 Å². The molecule has 1 aromatic carbocycles. The van der Waals surface area contributed by atoms with E-state index in [-0.39, 0.29) is 16.7 Å². The van der Waals surface area contributed by atoms with Gasteiger partial charge >= 0.3 is 0 Å². The molecule has 0 saturated carbocycles. The first-order valence-electron chi connectivity index (χ1n) is 11.2. The molecular formula is C22H31N3O6S. The topological polar surface area (TPSA) is 96.5 Å². The summed E-state index contributed by atoms with van der Waals surface area (Å²) in [6, 6.07) is 4.10. The van der Waals surface area contributed by atoms with Gasteiger partial charge in [-0.2, -0.15) is 4.31 Å². The molecule has 0 unspecified atom stereocenters. The number of anilines is 1. The molecule has 0 radical (unpaired) electrons. The van der Waals surface area contributed by atoms with Gasteiger partial charge in [0, 0.05) is 58.1 Å². The van der Waals surface area contributed by atoms with Crippen LogP contribution in [-0.2, 0) is 35.5 Å². The van der Waals surface area contributed by atoms with Gasteiger partial charge < -0.3 is 14.4 Å². The van der Waals surface area contributed by atoms with Crippen LogP contribution in [0.2, 0.25) is 0 Å². The van der Waals surface area contributed by atoms with Gasteiger partial charge in [0.25, 0.3) is 0 Å². The van der Waals surface area contributed by atoms with Gasteiger partial charge in [0.2, 0.25) is 21.8 Å². The van der Waals surface area contributed by atoms with Crippen LogP contribution < -0.4 is 4.90 Å². The molecule has 0 N–H and O–H groups in total. The van der Waals surface area contributed by atoms with E-state index in [0.717, 1.165) is 0 Å². The van der Waals surface area contributed by atoms with Crippen molar-refractivity contribution in [1.82, 2.24) is 9.21 Å². The summed E-state index contributed by atoms with van der Waals surface area (Å²) in [5, 5.41) is 0. The molecule has 1 atom stereocenters. The first-order valence-corrected chi connectivity index (χ1v) is 12.7. The largest absolute Gasteiger partial charge is 0.347 e. The zero-order valence-electron chi connectivity index (χ0n) is 18.9. The summed E-state index contributed by atoms with van der Waals surface area (Å²) >= 11 is 0. The van der Waals surface area contributed by atoms with E-state index < -0.39 is 21.9 Å². The predicted molar refractivity (Wildman–Crippen MR) is 118 cm³/mol. The minimum absolute atomic E-state index is 0.127. The molecule has 0 aliphatic carbocycles. The van der Waals surface area contributed by atoms with Crippen LogP contribution in [0.15, 0.2) is 23.1 Å². The number of piperidine rings is 1. The number of nitrogens with zero attached hydrogens (tertiary/aromatic N) is 3. The van der Waals surface area contributed by atoms with Crippen LogP contribution in [0, 0.1) is 0 Å². The third kappa shape index (κ3) is 3.93. The maximum atomic E-state index is 13.4. The number of ether oxygens (including phenoxy) is 2. The van der Waals surface area contributed by atoms with Crippen molar-refractivity contribution in [1.29, 1.82) is 0 Å². The third-order valence-electron chi connectivity index (χ3n) is 6.65. The normalized spacial score (nSPS) is 22.6. The molecule has 3 aliphatic heterocycles. The molecule has 10 heteroatoms. The molecule has 2 amide bonds. The summed E-state index contributed by atoms with van der Waals surface area (Å²) < 4.78 is 38.8. The molecule has 0 bridgehead atoms. The molecule has 3 heterocycles. The number of benzene rings is 1. The fourth-order valence-electron chi connectivity index (χ4n) is 4.95. The van der Waals surface area contributed by atoms with Crippen LogP contribution in [0.3, 0.4) is 0 Å². The van der Waals surface area contributed by atoms with E-state index in [0.29, 0.717) is 69.9 Å². The first kappa shape index (κ1) is 23.2. The van der Waals surface area contributed by atoms with Crippen LogP contribution in [-0.4, -0.2) is 80.7 Å². The van der Waals surface area contributed by atoms with Crippen molar-refractivity contribution in [3.05, 3.63) is 23.8 Å². The molecule has 1 aromatic rings. The first-order chi connectivity index (χ1) is 15.2. The maximum Gasteiger partial charge on any atom is 0.246 e. The van der Waals surface area contributed by atoms with Crippen molar-refractivity contribution >= 4 is 27.5 Å². The number of hydrogen-bond acceptors (Lipinski definition) is 6. The summed E-state index contributed by atoms with van der Waals surface area (Å²) in [5.41, 5.74) is 1.30. The maximum absolute atomic E-state index is 13.4. The van der Waals surface area contributed by atoms with Gasteiger partial charge in [0.05, 0.1) is 18.1 Å². The van der Waals surface area contributed by atoms with Crippen LogP contribution >= 0.6 is 0 Å².